The average molecular weight is 370 g/mol. The van der Waals surface area contributed by atoms with Crippen molar-refractivity contribution >= 4 is 28.3 Å². The van der Waals surface area contributed by atoms with Crippen molar-refractivity contribution in [3.8, 4) is 5.75 Å². The minimum absolute atomic E-state index is 0.0385. The van der Waals surface area contributed by atoms with Gasteiger partial charge in [0.25, 0.3) is 5.56 Å². The normalized spacial score (nSPS) is 10.4. The van der Waals surface area contributed by atoms with E-state index in [1.165, 1.54) is 9.64 Å². The first-order valence-electron chi connectivity index (χ1n) is 5.99. The van der Waals surface area contributed by atoms with E-state index in [0.29, 0.717) is 18.8 Å². The Balaban J connectivity index is 1.82. The molecule has 0 saturated carbocycles. The maximum atomic E-state index is 11.5. The zero-order valence-electron chi connectivity index (χ0n) is 10.4. The van der Waals surface area contributed by atoms with Crippen molar-refractivity contribution in [1.82, 2.24) is 4.57 Å². The zero-order chi connectivity index (χ0) is 13.7. The molecule has 0 aliphatic heterocycles. The minimum atomic E-state index is -0.0385. The molecular weight excluding hydrogens is 355 g/mol. The number of nitrogen functional groups attached to an aromatic ring is 1. The van der Waals surface area contributed by atoms with Crippen molar-refractivity contribution in [2.24, 2.45) is 0 Å². The van der Waals surface area contributed by atoms with E-state index in [4.69, 9.17) is 10.5 Å². The van der Waals surface area contributed by atoms with Crippen LogP contribution in [0.5, 0.6) is 5.75 Å². The summed E-state index contributed by atoms with van der Waals surface area (Å²) in [5.74, 6) is 0.848. The van der Waals surface area contributed by atoms with Gasteiger partial charge in [0.15, 0.2) is 0 Å². The second-order valence-electron chi connectivity index (χ2n) is 4.15. The second-order valence-corrected chi connectivity index (χ2v) is 5.40. The number of hydrogen-bond donors (Lipinski definition) is 1. The summed E-state index contributed by atoms with van der Waals surface area (Å²) in [6.45, 7) is 1.18. The minimum Gasteiger partial charge on any atom is -0.494 e. The topological polar surface area (TPSA) is 57.2 Å². The highest BCUT2D eigenvalue weighted by Crippen LogP contribution is 2.13. The molecule has 0 unspecified atom stereocenters. The maximum absolute atomic E-state index is 11.5. The van der Waals surface area contributed by atoms with Gasteiger partial charge in [-0.3, -0.25) is 4.79 Å². The van der Waals surface area contributed by atoms with Crippen LogP contribution in [0.1, 0.15) is 6.42 Å². The largest absolute Gasteiger partial charge is 0.494 e. The highest BCUT2D eigenvalue weighted by atomic mass is 127. The summed E-state index contributed by atoms with van der Waals surface area (Å²) in [4.78, 5) is 11.5. The van der Waals surface area contributed by atoms with Gasteiger partial charge in [-0.1, -0.05) is 0 Å². The molecule has 0 bridgehead atoms. The van der Waals surface area contributed by atoms with Gasteiger partial charge in [-0.15, -0.1) is 0 Å². The molecule has 0 aliphatic carbocycles. The molecular formula is C14H15IN2O2. The van der Waals surface area contributed by atoms with E-state index in [0.717, 1.165) is 12.2 Å². The number of halogens is 1. The molecule has 0 radical (unpaired) electrons. The van der Waals surface area contributed by atoms with Gasteiger partial charge in [0.1, 0.15) is 5.75 Å². The number of aromatic nitrogens is 1. The lowest BCUT2D eigenvalue weighted by molar-refractivity contribution is 0.301. The highest BCUT2D eigenvalue weighted by molar-refractivity contribution is 14.1. The van der Waals surface area contributed by atoms with E-state index in [9.17, 15) is 4.79 Å². The molecule has 0 aliphatic rings. The Morgan fingerprint density at radius 1 is 1.16 bits per heavy atom. The second kappa shape index (κ2) is 6.60. The first-order valence-corrected chi connectivity index (χ1v) is 7.07. The fourth-order valence-corrected chi connectivity index (χ4v) is 2.04. The molecule has 4 nitrogen and oxygen atoms in total. The summed E-state index contributed by atoms with van der Waals surface area (Å²) in [5.41, 5.74) is 6.20. The molecule has 0 saturated heterocycles. The quantitative estimate of drug-likeness (QED) is 0.650. The summed E-state index contributed by atoms with van der Waals surface area (Å²) in [5, 5.41) is 0. The SMILES string of the molecule is Nc1ccc(=O)n(CCCOc2ccc(I)cc2)c1. The average Bonchev–Trinajstić information content (AvgIpc) is 2.40. The number of pyridine rings is 1. The van der Waals surface area contributed by atoms with Crippen LogP contribution in [0.25, 0.3) is 0 Å². The van der Waals surface area contributed by atoms with Crippen molar-refractivity contribution in [3.05, 3.63) is 56.5 Å². The number of nitrogens with zero attached hydrogens (tertiary/aromatic N) is 1. The molecule has 0 fully saturated rings. The summed E-state index contributed by atoms with van der Waals surface area (Å²) in [6, 6.07) is 11.0. The lowest BCUT2D eigenvalue weighted by Gasteiger charge is -2.08. The van der Waals surface area contributed by atoms with Crippen molar-refractivity contribution < 1.29 is 4.74 Å². The van der Waals surface area contributed by atoms with Crippen LogP contribution in [-0.4, -0.2) is 11.2 Å². The van der Waals surface area contributed by atoms with Crippen LogP contribution >= 0.6 is 22.6 Å². The Morgan fingerprint density at radius 3 is 2.63 bits per heavy atom. The van der Waals surface area contributed by atoms with Crippen molar-refractivity contribution in [1.29, 1.82) is 0 Å². The Labute approximate surface area is 125 Å². The number of anilines is 1. The number of hydrogen-bond acceptors (Lipinski definition) is 3. The van der Waals surface area contributed by atoms with E-state index >= 15 is 0 Å². The molecule has 19 heavy (non-hydrogen) atoms. The number of aryl methyl sites for hydroxylation is 1. The molecule has 2 rings (SSSR count). The van der Waals surface area contributed by atoms with Crippen LogP contribution in [0.3, 0.4) is 0 Å². The Hall–Kier alpha value is -1.50. The summed E-state index contributed by atoms with van der Waals surface area (Å²) < 4.78 is 8.38. The fraction of sp³-hybridized carbons (Fsp3) is 0.214. The molecule has 2 aromatic rings. The van der Waals surface area contributed by atoms with Crippen LogP contribution < -0.4 is 16.0 Å². The molecule has 1 aromatic carbocycles. The standard InChI is InChI=1S/C14H15IN2O2/c15-11-2-5-13(6-3-11)19-9-1-8-17-10-12(16)4-7-14(17)18/h2-7,10H,1,8-9,16H2. The van der Waals surface area contributed by atoms with Crippen LogP contribution in [0, 0.1) is 3.57 Å². The van der Waals surface area contributed by atoms with E-state index in [2.05, 4.69) is 22.6 Å². The molecule has 1 aromatic heterocycles. The van der Waals surface area contributed by atoms with Gasteiger partial charge in [0.05, 0.1) is 6.61 Å². The van der Waals surface area contributed by atoms with Crippen LogP contribution in [0.4, 0.5) is 5.69 Å². The maximum Gasteiger partial charge on any atom is 0.250 e. The predicted molar refractivity (Wildman–Crippen MR) is 84.4 cm³/mol. The van der Waals surface area contributed by atoms with Gasteiger partial charge in [-0.25, -0.2) is 0 Å². The van der Waals surface area contributed by atoms with Gasteiger partial charge >= 0.3 is 0 Å². The van der Waals surface area contributed by atoms with Crippen molar-refractivity contribution in [2.75, 3.05) is 12.3 Å². The van der Waals surface area contributed by atoms with E-state index in [-0.39, 0.29) is 5.56 Å². The Kier molecular flexibility index (Phi) is 4.84. The van der Waals surface area contributed by atoms with Crippen LogP contribution in [-0.2, 0) is 6.54 Å². The van der Waals surface area contributed by atoms with Gasteiger partial charge in [0.2, 0.25) is 0 Å². The van der Waals surface area contributed by atoms with Crippen molar-refractivity contribution in [3.63, 3.8) is 0 Å². The zero-order valence-corrected chi connectivity index (χ0v) is 12.5. The highest BCUT2D eigenvalue weighted by Gasteiger charge is 1.98. The lowest BCUT2D eigenvalue weighted by Crippen LogP contribution is -2.20. The number of nitrogens with two attached hydrogens (primary N) is 1. The molecule has 2 N–H and O–H groups in total. The molecule has 100 valence electrons. The summed E-state index contributed by atoms with van der Waals surface area (Å²) in [7, 11) is 0. The monoisotopic (exact) mass is 370 g/mol. The van der Waals surface area contributed by atoms with Gasteiger partial charge < -0.3 is 15.0 Å². The first kappa shape index (κ1) is 13.9. The van der Waals surface area contributed by atoms with Gasteiger partial charge in [-0.05, 0) is 59.3 Å². The van der Waals surface area contributed by atoms with E-state index in [1.54, 1.807) is 16.8 Å². The molecule has 5 heteroatoms. The van der Waals surface area contributed by atoms with E-state index < -0.39 is 0 Å². The first-order chi connectivity index (χ1) is 9.15. The van der Waals surface area contributed by atoms with Crippen LogP contribution in [0.2, 0.25) is 0 Å². The Morgan fingerprint density at radius 2 is 1.89 bits per heavy atom. The summed E-state index contributed by atoms with van der Waals surface area (Å²) >= 11 is 2.25. The Bertz CT molecular complexity index is 593. The lowest BCUT2D eigenvalue weighted by atomic mass is 10.3. The number of rotatable bonds is 5. The molecule has 0 atom stereocenters. The number of ether oxygens (including phenoxy) is 1. The molecule has 0 spiro atoms. The van der Waals surface area contributed by atoms with Crippen LogP contribution in [0.15, 0.2) is 47.4 Å². The molecule has 0 amide bonds. The summed E-state index contributed by atoms with van der Waals surface area (Å²) in [6.07, 6.45) is 2.42. The fourth-order valence-electron chi connectivity index (χ4n) is 1.68. The third kappa shape index (κ3) is 4.27. The molecule has 1 heterocycles. The predicted octanol–water partition coefficient (Wildman–Crippen LogP) is 2.50. The van der Waals surface area contributed by atoms with Gasteiger partial charge in [-0.2, -0.15) is 0 Å². The van der Waals surface area contributed by atoms with Crippen molar-refractivity contribution in [2.45, 2.75) is 13.0 Å². The van der Waals surface area contributed by atoms with E-state index in [1.807, 2.05) is 24.3 Å². The third-order valence-corrected chi connectivity index (χ3v) is 3.35. The smallest absolute Gasteiger partial charge is 0.250 e. The van der Waals surface area contributed by atoms with Gasteiger partial charge in [0, 0.05) is 28.1 Å². The number of benzene rings is 1. The third-order valence-electron chi connectivity index (χ3n) is 2.63.